The van der Waals surface area contributed by atoms with Gasteiger partial charge in [0.1, 0.15) is 5.54 Å². The molecule has 1 aromatic rings. The van der Waals surface area contributed by atoms with Gasteiger partial charge in [-0.2, -0.15) is 10.3 Å². The van der Waals surface area contributed by atoms with Gasteiger partial charge in [-0.1, -0.05) is 36.8 Å². The Kier molecular flexibility index (Phi) is 5.95. The number of nitriles is 1. The van der Waals surface area contributed by atoms with Crippen LogP contribution in [0.3, 0.4) is 0 Å². The summed E-state index contributed by atoms with van der Waals surface area (Å²) in [5.74, 6) is -1.07. The Bertz CT molecular complexity index is 791. The van der Waals surface area contributed by atoms with Crippen LogP contribution >= 0.6 is 0 Å². The maximum atomic E-state index is 12.7. The van der Waals surface area contributed by atoms with Gasteiger partial charge in [0.25, 0.3) is 11.8 Å². The third-order valence-corrected chi connectivity index (χ3v) is 5.46. The van der Waals surface area contributed by atoms with Crippen LogP contribution in [0.5, 0.6) is 0 Å². The molecule has 0 aromatic heterocycles. The molecule has 28 heavy (non-hydrogen) atoms. The lowest BCUT2D eigenvalue weighted by Gasteiger charge is -2.22. The standard InChI is InChI=1S/C20H25N5O3/c1-20(11-10-14-6-3-2-4-7-14)18(27)25(19(28)23-20)24-17(26)13-22-16-9-5-8-15(16)12-21/h2-4,6-7,15-16,22H,5,8-11,13H2,1H3,(H,23,28)(H,24,26)/t15-,16+,20+/m0/s1. The molecule has 8 nitrogen and oxygen atoms in total. The second-order valence-corrected chi connectivity index (χ2v) is 7.58. The van der Waals surface area contributed by atoms with Crippen molar-refractivity contribution in [1.29, 1.82) is 5.26 Å². The number of rotatable bonds is 7. The van der Waals surface area contributed by atoms with E-state index in [1.165, 1.54) is 0 Å². The maximum absolute atomic E-state index is 12.7. The van der Waals surface area contributed by atoms with E-state index in [0.29, 0.717) is 12.8 Å². The van der Waals surface area contributed by atoms with Crippen LogP contribution in [0, 0.1) is 17.2 Å². The van der Waals surface area contributed by atoms with Crippen molar-refractivity contribution in [3.63, 3.8) is 0 Å². The van der Waals surface area contributed by atoms with E-state index in [-0.39, 0.29) is 18.5 Å². The molecular weight excluding hydrogens is 358 g/mol. The van der Waals surface area contributed by atoms with Crippen LogP contribution in [-0.4, -0.2) is 41.0 Å². The van der Waals surface area contributed by atoms with Crippen LogP contribution in [0.4, 0.5) is 4.79 Å². The summed E-state index contributed by atoms with van der Waals surface area (Å²) in [7, 11) is 0. The van der Waals surface area contributed by atoms with E-state index in [2.05, 4.69) is 22.1 Å². The molecule has 4 amide bonds. The number of urea groups is 1. The molecule has 8 heteroatoms. The molecule has 1 aliphatic carbocycles. The molecule has 3 N–H and O–H groups in total. The third kappa shape index (κ3) is 4.31. The zero-order chi connectivity index (χ0) is 20.1. The molecule has 1 saturated heterocycles. The van der Waals surface area contributed by atoms with Gasteiger partial charge in [-0.05, 0) is 38.2 Å². The van der Waals surface area contributed by atoms with Crippen molar-refractivity contribution >= 4 is 17.8 Å². The van der Waals surface area contributed by atoms with Gasteiger partial charge in [0.15, 0.2) is 0 Å². The largest absolute Gasteiger partial charge is 0.344 e. The summed E-state index contributed by atoms with van der Waals surface area (Å²) >= 11 is 0. The topological polar surface area (TPSA) is 114 Å². The first-order chi connectivity index (χ1) is 13.4. The Morgan fingerprint density at radius 1 is 1.32 bits per heavy atom. The van der Waals surface area contributed by atoms with Crippen LogP contribution in [0.25, 0.3) is 0 Å². The van der Waals surface area contributed by atoms with Gasteiger partial charge in [-0.25, -0.2) is 4.79 Å². The Morgan fingerprint density at radius 2 is 2.07 bits per heavy atom. The third-order valence-electron chi connectivity index (χ3n) is 5.46. The van der Waals surface area contributed by atoms with Gasteiger partial charge in [0.05, 0.1) is 18.5 Å². The van der Waals surface area contributed by atoms with E-state index in [1.807, 2.05) is 30.3 Å². The van der Waals surface area contributed by atoms with Gasteiger partial charge in [0, 0.05) is 6.04 Å². The number of hydrazine groups is 1. The minimum Gasteiger partial charge on any atom is -0.322 e. The predicted octanol–water partition coefficient (Wildman–Crippen LogP) is 1.24. The minimum atomic E-state index is -1.06. The molecule has 0 radical (unpaired) electrons. The number of aryl methyl sites for hydroxylation is 1. The molecule has 1 aliphatic heterocycles. The SMILES string of the molecule is C[C@]1(CCc2ccccc2)NC(=O)N(NC(=O)CN[C@@H]2CCC[C@H]2C#N)C1=O. The molecule has 2 fully saturated rings. The van der Waals surface area contributed by atoms with Crippen molar-refractivity contribution in [2.75, 3.05) is 6.54 Å². The summed E-state index contributed by atoms with van der Waals surface area (Å²) in [5, 5.41) is 15.6. The molecule has 1 heterocycles. The smallest absolute Gasteiger partial charge is 0.322 e. The first-order valence-corrected chi connectivity index (χ1v) is 9.56. The summed E-state index contributed by atoms with van der Waals surface area (Å²) in [6.45, 7) is 1.61. The lowest BCUT2D eigenvalue weighted by molar-refractivity contribution is -0.138. The minimum absolute atomic E-state index is 0.0324. The fraction of sp³-hybridized carbons (Fsp3) is 0.500. The maximum Gasteiger partial charge on any atom is 0.344 e. The Labute approximate surface area is 164 Å². The molecule has 0 spiro atoms. The van der Waals surface area contributed by atoms with E-state index in [1.54, 1.807) is 6.92 Å². The highest BCUT2D eigenvalue weighted by atomic mass is 16.2. The van der Waals surface area contributed by atoms with Gasteiger partial charge < -0.3 is 10.6 Å². The summed E-state index contributed by atoms with van der Waals surface area (Å²) in [5.41, 5.74) is 2.38. The number of hydrogen-bond acceptors (Lipinski definition) is 5. The lowest BCUT2D eigenvalue weighted by Crippen LogP contribution is -2.51. The van der Waals surface area contributed by atoms with Crippen LogP contribution < -0.4 is 16.1 Å². The van der Waals surface area contributed by atoms with E-state index < -0.39 is 23.4 Å². The molecule has 3 atom stereocenters. The van der Waals surface area contributed by atoms with Crippen molar-refractivity contribution in [3.8, 4) is 6.07 Å². The van der Waals surface area contributed by atoms with Crippen molar-refractivity contribution in [3.05, 3.63) is 35.9 Å². The average Bonchev–Trinajstić information content (AvgIpc) is 3.24. The quantitative estimate of drug-likeness (QED) is 0.613. The highest BCUT2D eigenvalue weighted by molar-refractivity contribution is 6.07. The van der Waals surface area contributed by atoms with Gasteiger partial charge in [-0.15, -0.1) is 0 Å². The van der Waals surface area contributed by atoms with Crippen molar-refractivity contribution in [2.24, 2.45) is 5.92 Å². The highest BCUT2D eigenvalue weighted by Gasteiger charge is 2.48. The molecule has 1 aromatic carbocycles. The van der Waals surface area contributed by atoms with E-state index >= 15 is 0 Å². The summed E-state index contributed by atoms with van der Waals surface area (Å²) < 4.78 is 0. The normalized spacial score (nSPS) is 26.8. The monoisotopic (exact) mass is 383 g/mol. The molecule has 0 unspecified atom stereocenters. The van der Waals surface area contributed by atoms with Crippen molar-refractivity contribution < 1.29 is 14.4 Å². The first-order valence-electron chi connectivity index (χ1n) is 9.56. The van der Waals surface area contributed by atoms with Crippen LogP contribution in [0.15, 0.2) is 30.3 Å². The second kappa shape index (κ2) is 8.40. The number of nitrogens with one attached hydrogen (secondary N) is 3. The summed E-state index contributed by atoms with van der Waals surface area (Å²) in [4.78, 5) is 37.1. The van der Waals surface area contributed by atoms with Crippen LogP contribution in [0.1, 0.15) is 38.2 Å². The number of benzene rings is 1. The van der Waals surface area contributed by atoms with E-state index in [9.17, 15) is 14.4 Å². The lowest BCUT2D eigenvalue weighted by atomic mass is 9.93. The predicted molar refractivity (Wildman–Crippen MR) is 101 cm³/mol. The average molecular weight is 383 g/mol. The molecule has 148 valence electrons. The Balaban J connectivity index is 1.52. The first kappa shape index (κ1) is 19.8. The molecule has 2 aliphatic rings. The van der Waals surface area contributed by atoms with Gasteiger partial charge in [-0.3, -0.25) is 15.0 Å². The van der Waals surface area contributed by atoms with E-state index in [4.69, 9.17) is 5.26 Å². The molecule has 1 saturated carbocycles. The van der Waals surface area contributed by atoms with Crippen molar-refractivity contribution in [2.45, 2.75) is 50.6 Å². The van der Waals surface area contributed by atoms with E-state index in [0.717, 1.165) is 29.8 Å². The number of hydrogen-bond donors (Lipinski definition) is 3. The number of imide groups is 1. The van der Waals surface area contributed by atoms with Crippen LogP contribution in [-0.2, 0) is 16.0 Å². The Hall–Kier alpha value is -2.92. The summed E-state index contributed by atoms with van der Waals surface area (Å²) in [6, 6.07) is 11.3. The second-order valence-electron chi connectivity index (χ2n) is 7.58. The molecule has 3 rings (SSSR count). The fourth-order valence-corrected chi connectivity index (χ4v) is 3.74. The van der Waals surface area contributed by atoms with Gasteiger partial charge >= 0.3 is 6.03 Å². The summed E-state index contributed by atoms with van der Waals surface area (Å²) in [6.07, 6.45) is 3.67. The molecular formula is C20H25N5O3. The zero-order valence-electron chi connectivity index (χ0n) is 15.9. The number of amides is 4. The van der Waals surface area contributed by atoms with Crippen molar-refractivity contribution in [1.82, 2.24) is 21.1 Å². The Morgan fingerprint density at radius 3 is 2.79 bits per heavy atom. The number of carbonyl (C=O) groups is 3. The fourth-order valence-electron chi connectivity index (χ4n) is 3.74. The highest BCUT2D eigenvalue weighted by Crippen LogP contribution is 2.25. The number of carbonyl (C=O) groups excluding carboxylic acids is 3. The number of nitrogens with zero attached hydrogens (tertiary/aromatic N) is 2. The van der Waals surface area contributed by atoms with Crippen LogP contribution in [0.2, 0.25) is 0 Å². The van der Waals surface area contributed by atoms with Gasteiger partial charge in [0.2, 0.25) is 0 Å². The molecule has 0 bridgehead atoms. The zero-order valence-corrected chi connectivity index (χ0v) is 15.9.